The number of aliphatic hydroxyl groups excluding tert-OH is 2. The number of epoxide rings is 1. The highest BCUT2D eigenvalue weighted by atomic mass is 31.2. The predicted octanol–water partition coefficient (Wildman–Crippen LogP) is 1.74. The van der Waals surface area contributed by atoms with Gasteiger partial charge >= 0.3 is 13.3 Å². The molecule has 6 unspecified atom stereocenters. The first kappa shape index (κ1) is 31.5. The molecule has 2 aliphatic heterocycles. The van der Waals surface area contributed by atoms with E-state index in [1.54, 1.807) is 27.0 Å². The lowest BCUT2D eigenvalue weighted by Gasteiger charge is -2.37. The average molecular weight is 620 g/mol. The van der Waals surface area contributed by atoms with Crippen LogP contribution in [0.15, 0.2) is 46.1 Å². The lowest BCUT2D eigenvalue weighted by atomic mass is 9.88. The Balaban J connectivity index is 1.38. The van der Waals surface area contributed by atoms with E-state index >= 15 is 0 Å². The fourth-order valence-electron chi connectivity index (χ4n) is 5.66. The van der Waals surface area contributed by atoms with Crippen LogP contribution in [0.1, 0.15) is 75.1 Å². The summed E-state index contributed by atoms with van der Waals surface area (Å²) in [4.78, 5) is 40.9. The number of nitrogens with one attached hydrogen (secondary N) is 2. The van der Waals surface area contributed by atoms with Gasteiger partial charge in [-0.05, 0) is 24.8 Å². The van der Waals surface area contributed by atoms with Gasteiger partial charge in [0.05, 0.1) is 41.8 Å². The highest BCUT2D eigenvalue weighted by molar-refractivity contribution is 7.54. The van der Waals surface area contributed by atoms with Crippen molar-refractivity contribution < 1.29 is 33.7 Å². The number of rotatable bonds is 13. The van der Waals surface area contributed by atoms with Crippen molar-refractivity contribution in [1.29, 1.82) is 0 Å². The van der Waals surface area contributed by atoms with E-state index in [1.165, 1.54) is 4.68 Å². The molecule has 0 spiro atoms. The summed E-state index contributed by atoms with van der Waals surface area (Å²) < 4.78 is 32.0. The third kappa shape index (κ3) is 6.32. The molecular formula is C28H38N5O9P. The van der Waals surface area contributed by atoms with Crippen LogP contribution in [0.25, 0.3) is 0 Å². The second-order valence-electron chi connectivity index (χ2n) is 11.2. The Hall–Kier alpha value is -2.97. The van der Waals surface area contributed by atoms with Crippen molar-refractivity contribution in [3.05, 3.63) is 79.9 Å². The van der Waals surface area contributed by atoms with Crippen LogP contribution in [0, 0.1) is 0 Å². The summed E-state index contributed by atoms with van der Waals surface area (Å²) in [5.74, 6) is 0. The maximum atomic E-state index is 13.2. The molecule has 0 aliphatic carbocycles. The van der Waals surface area contributed by atoms with Gasteiger partial charge in [-0.25, -0.2) is 9.48 Å². The Morgan fingerprint density at radius 1 is 1.14 bits per heavy atom. The highest BCUT2D eigenvalue weighted by Gasteiger charge is 2.62. The summed E-state index contributed by atoms with van der Waals surface area (Å²) in [5.41, 5.74) is -0.963. The van der Waals surface area contributed by atoms with Crippen molar-refractivity contribution in [3.8, 4) is 0 Å². The van der Waals surface area contributed by atoms with E-state index in [-0.39, 0.29) is 30.8 Å². The molecule has 4 heterocycles. The zero-order valence-electron chi connectivity index (χ0n) is 24.3. The molecule has 14 nitrogen and oxygen atoms in total. The number of aromatic amines is 2. The SMILES string of the molecule is CCC(CC)(CC1OC(c2c(Cn3cc(Cc4ccccc4)nn3)[nH]c(=O)[nH]c2=O)C(O)C1O)OP(=O)(O)C1(CC)CO1. The largest absolute Gasteiger partial charge is 0.388 e. The molecule has 2 saturated heterocycles. The molecule has 3 aromatic rings. The summed E-state index contributed by atoms with van der Waals surface area (Å²) in [6.45, 7) is 5.38. The Bertz CT molecular complexity index is 1580. The van der Waals surface area contributed by atoms with Gasteiger partial charge in [-0.1, -0.05) is 56.3 Å². The van der Waals surface area contributed by atoms with Crippen molar-refractivity contribution in [2.45, 2.75) is 94.8 Å². The molecule has 5 N–H and O–H groups in total. The van der Waals surface area contributed by atoms with Gasteiger partial charge in [0.1, 0.15) is 18.3 Å². The van der Waals surface area contributed by atoms with Crippen LogP contribution in [0.5, 0.6) is 0 Å². The standard InChI is InChI=1S/C28H38N5O9P/c1-4-27(5-2,42-43(38,39)28(6-3)16-40-28)13-20-22(34)23(35)24(41-20)21-19(29-26(37)30-25(21)36)15-33-14-18(31-32-33)12-17-10-8-7-9-11-17/h7-11,14,20,22-24,34-35H,4-6,12-13,15-16H2,1-3H3,(H,38,39)(H2,29,30,36,37). The van der Waals surface area contributed by atoms with E-state index in [4.69, 9.17) is 14.0 Å². The Kier molecular flexibility index (Phi) is 8.92. The number of aromatic nitrogens is 5. The van der Waals surface area contributed by atoms with Crippen LogP contribution in [-0.4, -0.2) is 75.9 Å². The Morgan fingerprint density at radius 3 is 2.47 bits per heavy atom. The van der Waals surface area contributed by atoms with Crippen molar-refractivity contribution in [3.63, 3.8) is 0 Å². The second kappa shape index (κ2) is 12.2. The lowest BCUT2D eigenvalue weighted by molar-refractivity contribution is -0.0572. The van der Waals surface area contributed by atoms with Crippen LogP contribution in [-0.2, 0) is 31.5 Å². The molecule has 2 fully saturated rings. The Labute approximate surface area is 247 Å². The van der Waals surface area contributed by atoms with Crippen LogP contribution >= 0.6 is 7.60 Å². The second-order valence-corrected chi connectivity index (χ2v) is 13.3. The van der Waals surface area contributed by atoms with E-state index in [1.807, 2.05) is 30.3 Å². The Morgan fingerprint density at radius 2 is 1.84 bits per heavy atom. The molecule has 2 aliphatic rings. The van der Waals surface area contributed by atoms with Gasteiger partial charge in [0.2, 0.25) is 0 Å². The van der Waals surface area contributed by atoms with Crippen LogP contribution in [0.3, 0.4) is 0 Å². The maximum Gasteiger partial charge on any atom is 0.362 e. The smallest absolute Gasteiger partial charge is 0.362 e. The number of ether oxygens (including phenoxy) is 2. The summed E-state index contributed by atoms with van der Waals surface area (Å²) in [6, 6.07) is 9.68. The van der Waals surface area contributed by atoms with Gasteiger partial charge < -0.3 is 29.6 Å². The molecule has 2 aromatic heterocycles. The number of nitrogens with zero attached hydrogens (tertiary/aromatic N) is 3. The number of H-pyrrole nitrogens is 2. The molecule has 0 saturated carbocycles. The van der Waals surface area contributed by atoms with Gasteiger partial charge in [-0.15, -0.1) is 5.10 Å². The molecule has 15 heteroatoms. The number of aliphatic hydroxyl groups is 2. The van der Waals surface area contributed by atoms with Crippen molar-refractivity contribution in [2.75, 3.05) is 6.61 Å². The minimum absolute atomic E-state index is 0.0401. The predicted molar refractivity (Wildman–Crippen MR) is 153 cm³/mol. The fourth-order valence-corrected chi connectivity index (χ4v) is 7.47. The number of hydrogen-bond acceptors (Lipinski definition) is 10. The monoisotopic (exact) mass is 619 g/mol. The summed E-state index contributed by atoms with van der Waals surface area (Å²) >= 11 is 0. The zero-order valence-corrected chi connectivity index (χ0v) is 25.2. The van der Waals surface area contributed by atoms with Crippen molar-refractivity contribution in [1.82, 2.24) is 25.0 Å². The summed E-state index contributed by atoms with van der Waals surface area (Å²) in [6.07, 6.45) is -2.27. The van der Waals surface area contributed by atoms with E-state index < -0.39 is 54.2 Å². The third-order valence-corrected chi connectivity index (χ3v) is 10.8. The molecule has 1 aromatic carbocycles. The fraction of sp³-hybridized carbons (Fsp3) is 0.571. The number of hydrogen-bond donors (Lipinski definition) is 5. The molecule has 0 amide bonds. The third-order valence-electron chi connectivity index (χ3n) is 8.57. The van der Waals surface area contributed by atoms with E-state index in [0.29, 0.717) is 31.4 Å². The highest BCUT2D eigenvalue weighted by Crippen LogP contribution is 2.67. The van der Waals surface area contributed by atoms with Gasteiger partial charge in [-0.2, -0.15) is 0 Å². The topological polar surface area (TPSA) is 205 Å². The first-order chi connectivity index (χ1) is 20.4. The van der Waals surface area contributed by atoms with Gasteiger partial charge in [0.25, 0.3) is 5.56 Å². The van der Waals surface area contributed by atoms with Crippen molar-refractivity contribution in [2.24, 2.45) is 0 Å². The first-order valence-electron chi connectivity index (χ1n) is 14.4. The minimum Gasteiger partial charge on any atom is -0.388 e. The normalized spacial score (nSPS) is 26.8. The molecule has 0 radical (unpaired) electrons. The summed E-state index contributed by atoms with van der Waals surface area (Å²) in [7, 11) is -4.22. The van der Waals surface area contributed by atoms with Crippen LogP contribution < -0.4 is 11.2 Å². The van der Waals surface area contributed by atoms with Crippen molar-refractivity contribution >= 4 is 7.60 Å². The zero-order chi connectivity index (χ0) is 31.0. The maximum absolute atomic E-state index is 13.2. The average Bonchev–Trinajstić information content (AvgIpc) is 3.62. The molecule has 6 atom stereocenters. The van der Waals surface area contributed by atoms with E-state index in [9.17, 15) is 29.3 Å². The minimum atomic E-state index is -4.22. The molecule has 43 heavy (non-hydrogen) atoms. The van der Waals surface area contributed by atoms with Crippen LogP contribution in [0.4, 0.5) is 0 Å². The molecular weight excluding hydrogens is 581 g/mol. The van der Waals surface area contributed by atoms with Gasteiger partial charge in [0, 0.05) is 19.0 Å². The molecule has 5 rings (SSSR count). The van der Waals surface area contributed by atoms with E-state index in [2.05, 4.69) is 20.3 Å². The molecule has 234 valence electrons. The van der Waals surface area contributed by atoms with Gasteiger partial charge in [0.15, 0.2) is 5.34 Å². The van der Waals surface area contributed by atoms with Gasteiger partial charge in [-0.3, -0.25) is 18.9 Å². The number of benzene rings is 1. The lowest BCUT2D eigenvalue weighted by Crippen LogP contribution is -2.40. The van der Waals surface area contributed by atoms with E-state index in [0.717, 1.165) is 5.56 Å². The quantitative estimate of drug-likeness (QED) is 0.138. The molecule has 0 bridgehead atoms. The first-order valence-corrected chi connectivity index (χ1v) is 16.0. The summed E-state index contributed by atoms with van der Waals surface area (Å²) in [5, 5.41) is 29.2. The van der Waals surface area contributed by atoms with Crippen LogP contribution in [0.2, 0.25) is 0 Å².